The molecule has 1 fully saturated rings. The average molecular weight is 249 g/mol. The predicted molar refractivity (Wildman–Crippen MR) is 66.1 cm³/mol. The second-order valence-electron chi connectivity index (χ2n) is 4.45. The third-order valence-electron chi connectivity index (χ3n) is 3.20. The summed E-state index contributed by atoms with van der Waals surface area (Å²) in [6, 6.07) is 2.82. The molecule has 0 spiro atoms. The van der Waals surface area contributed by atoms with Gasteiger partial charge in [-0.1, -0.05) is 19.3 Å². The summed E-state index contributed by atoms with van der Waals surface area (Å²) >= 11 is 0. The quantitative estimate of drug-likeness (QED) is 0.658. The Kier molecular flexibility index (Phi) is 3.86. The van der Waals surface area contributed by atoms with Crippen molar-refractivity contribution in [2.75, 3.05) is 5.32 Å². The van der Waals surface area contributed by atoms with E-state index in [9.17, 15) is 14.9 Å². The predicted octanol–water partition coefficient (Wildman–Crippen LogP) is 2.51. The molecule has 1 aromatic heterocycles. The molecule has 18 heavy (non-hydrogen) atoms. The fraction of sp³-hybridized carbons (Fsp3) is 0.500. The fourth-order valence-electron chi connectivity index (χ4n) is 2.22. The van der Waals surface area contributed by atoms with Gasteiger partial charge in [-0.15, -0.1) is 0 Å². The van der Waals surface area contributed by atoms with Gasteiger partial charge in [0.1, 0.15) is 0 Å². The largest absolute Gasteiger partial charge is 0.311 e. The standard InChI is InChI=1S/C12H15N3O3/c16-12(9-5-2-1-3-6-9)14-11-10(15(17)18)7-4-8-13-11/h4,7-9H,1-3,5-6H2,(H,13,14,16). The molecule has 0 saturated heterocycles. The number of amides is 1. The molecule has 1 heterocycles. The highest BCUT2D eigenvalue weighted by atomic mass is 16.6. The van der Waals surface area contributed by atoms with E-state index in [0.29, 0.717) is 0 Å². The maximum atomic E-state index is 12.0. The Morgan fingerprint density at radius 1 is 1.39 bits per heavy atom. The number of carbonyl (C=O) groups excluding carboxylic acids is 1. The van der Waals surface area contributed by atoms with Gasteiger partial charge in [0.2, 0.25) is 11.7 Å². The van der Waals surface area contributed by atoms with E-state index in [2.05, 4.69) is 10.3 Å². The van der Waals surface area contributed by atoms with E-state index in [0.717, 1.165) is 32.1 Å². The summed E-state index contributed by atoms with van der Waals surface area (Å²) in [7, 11) is 0. The summed E-state index contributed by atoms with van der Waals surface area (Å²) < 4.78 is 0. The number of hydrogen-bond donors (Lipinski definition) is 1. The van der Waals surface area contributed by atoms with E-state index >= 15 is 0 Å². The van der Waals surface area contributed by atoms with E-state index < -0.39 is 4.92 Å². The molecule has 0 aromatic carbocycles. The number of carbonyl (C=O) groups is 1. The van der Waals surface area contributed by atoms with E-state index in [1.165, 1.54) is 18.3 Å². The number of aromatic nitrogens is 1. The molecule has 0 unspecified atom stereocenters. The Bertz CT molecular complexity index is 456. The molecule has 1 saturated carbocycles. The first-order chi connectivity index (χ1) is 8.68. The van der Waals surface area contributed by atoms with Gasteiger partial charge in [-0.25, -0.2) is 4.98 Å². The van der Waals surface area contributed by atoms with Gasteiger partial charge in [-0.05, 0) is 18.9 Å². The molecule has 96 valence electrons. The second-order valence-corrected chi connectivity index (χ2v) is 4.45. The van der Waals surface area contributed by atoms with Crippen molar-refractivity contribution in [3.8, 4) is 0 Å². The van der Waals surface area contributed by atoms with E-state index in [4.69, 9.17) is 0 Å². The fourth-order valence-corrected chi connectivity index (χ4v) is 2.22. The zero-order valence-corrected chi connectivity index (χ0v) is 9.96. The zero-order chi connectivity index (χ0) is 13.0. The van der Waals surface area contributed by atoms with Crippen molar-refractivity contribution in [2.45, 2.75) is 32.1 Å². The normalized spacial score (nSPS) is 16.2. The lowest BCUT2D eigenvalue weighted by Crippen LogP contribution is -2.25. The Labute approximate surface area is 105 Å². The summed E-state index contributed by atoms with van der Waals surface area (Å²) in [6.07, 6.45) is 6.39. The highest BCUT2D eigenvalue weighted by molar-refractivity contribution is 5.93. The average Bonchev–Trinajstić information content (AvgIpc) is 2.40. The van der Waals surface area contributed by atoms with Crippen LogP contribution in [-0.2, 0) is 4.79 Å². The van der Waals surface area contributed by atoms with E-state index in [-0.39, 0.29) is 23.3 Å². The van der Waals surface area contributed by atoms with E-state index in [1.807, 2.05) is 0 Å². The van der Waals surface area contributed by atoms with Crippen LogP contribution in [0.3, 0.4) is 0 Å². The molecular weight excluding hydrogens is 234 g/mol. The zero-order valence-electron chi connectivity index (χ0n) is 9.96. The maximum absolute atomic E-state index is 12.0. The molecule has 0 radical (unpaired) electrons. The van der Waals surface area contributed by atoms with Crippen molar-refractivity contribution < 1.29 is 9.72 Å². The lowest BCUT2D eigenvalue weighted by molar-refractivity contribution is -0.384. The molecule has 1 aliphatic rings. The SMILES string of the molecule is O=C(Nc1ncccc1[N+](=O)[O-])C1CCCCC1. The monoisotopic (exact) mass is 249 g/mol. The van der Waals surface area contributed by atoms with Gasteiger partial charge in [0, 0.05) is 18.2 Å². The summed E-state index contributed by atoms with van der Waals surface area (Å²) in [4.78, 5) is 26.1. The third-order valence-corrected chi connectivity index (χ3v) is 3.20. The van der Waals surface area contributed by atoms with Crippen molar-refractivity contribution >= 4 is 17.4 Å². The van der Waals surface area contributed by atoms with Crippen LogP contribution in [0.25, 0.3) is 0 Å². The number of hydrogen-bond acceptors (Lipinski definition) is 4. The number of anilines is 1. The Hall–Kier alpha value is -1.98. The first kappa shape index (κ1) is 12.5. The Morgan fingerprint density at radius 3 is 2.78 bits per heavy atom. The van der Waals surface area contributed by atoms with Gasteiger partial charge < -0.3 is 5.32 Å². The van der Waals surface area contributed by atoms with Crippen LogP contribution >= 0.6 is 0 Å². The number of rotatable bonds is 3. The van der Waals surface area contributed by atoms with Crippen molar-refractivity contribution in [1.82, 2.24) is 4.98 Å². The minimum absolute atomic E-state index is 0.0399. The van der Waals surface area contributed by atoms with Gasteiger partial charge in [-0.2, -0.15) is 0 Å². The molecule has 1 aromatic rings. The van der Waals surface area contributed by atoms with Gasteiger partial charge in [-0.3, -0.25) is 14.9 Å². The van der Waals surface area contributed by atoms with Crippen LogP contribution in [-0.4, -0.2) is 15.8 Å². The molecule has 1 aliphatic carbocycles. The lowest BCUT2D eigenvalue weighted by atomic mass is 9.89. The topological polar surface area (TPSA) is 85.1 Å². The van der Waals surface area contributed by atoms with Crippen LogP contribution in [0.4, 0.5) is 11.5 Å². The third kappa shape index (κ3) is 2.82. The first-order valence-electron chi connectivity index (χ1n) is 6.09. The molecule has 6 nitrogen and oxygen atoms in total. The number of nitrogens with zero attached hydrogens (tertiary/aromatic N) is 2. The molecule has 0 aliphatic heterocycles. The van der Waals surface area contributed by atoms with Gasteiger partial charge in [0.05, 0.1) is 4.92 Å². The number of nitrogens with one attached hydrogen (secondary N) is 1. The van der Waals surface area contributed by atoms with Gasteiger partial charge in [0.15, 0.2) is 0 Å². The molecular formula is C12H15N3O3. The molecule has 1 N–H and O–H groups in total. The molecule has 0 atom stereocenters. The van der Waals surface area contributed by atoms with Crippen molar-refractivity contribution in [2.24, 2.45) is 5.92 Å². The van der Waals surface area contributed by atoms with Crippen LogP contribution in [0.1, 0.15) is 32.1 Å². The minimum Gasteiger partial charge on any atom is -0.305 e. The molecule has 2 rings (SSSR count). The lowest BCUT2D eigenvalue weighted by Gasteiger charge is -2.20. The smallest absolute Gasteiger partial charge is 0.305 e. The van der Waals surface area contributed by atoms with Crippen molar-refractivity contribution in [3.63, 3.8) is 0 Å². The number of nitro groups is 1. The Balaban J connectivity index is 2.08. The highest BCUT2D eigenvalue weighted by Crippen LogP contribution is 2.26. The summed E-state index contributed by atoms with van der Waals surface area (Å²) in [5.41, 5.74) is -0.165. The van der Waals surface area contributed by atoms with Crippen LogP contribution < -0.4 is 5.32 Å². The summed E-state index contributed by atoms with van der Waals surface area (Å²) in [5.74, 6) is -0.157. The van der Waals surface area contributed by atoms with Crippen LogP contribution in [0.2, 0.25) is 0 Å². The first-order valence-corrected chi connectivity index (χ1v) is 6.09. The molecule has 6 heteroatoms. The maximum Gasteiger partial charge on any atom is 0.311 e. The van der Waals surface area contributed by atoms with Crippen LogP contribution in [0, 0.1) is 16.0 Å². The van der Waals surface area contributed by atoms with E-state index in [1.54, 1.807) is 0 Å². The van der Waals surface area contributed by atoms with Gasteiger partial charge >= 0.3 is 5.69 Å². The van der Waals surface area contributed by atoms with Crippen molar-refractivity contribution in [1.29, 1.82) is 0 Å². The summed E-state index contributed by atoms with van der Waals surface area (Å²) in [6.45, 7) is 0. The minimum atomic E-state index is -0.538. The highest BCUT2D eigenvalue weighted by Gasteiger charge is 2.24. The molecule has 1 amide bonds. The number of pyridine rings is 1. The van der Waals surface area contributed by atoms with Crippen LogP contribution in [0.5, 0.6) is 0 Å². The van der Waals surface area contributed by atoms with Gasteiger partial charge in [0.25, 0.3) is 0 Å². The second kappa shape index (κ2) is 5.57. The van der Waals surface area contributed by atoms with Crippen LogP contribution in [0.15, 0.2) is 18.3 Å². The summed E-state index contributed by atoms with van der Waals surface area (Å²) in [5, 5.41) is 13.4. The molecule has 0 bridgehead atoms. The Morgan fingerprint density at radius 2 is 2.11 bits per heavy atom. The van der Waals surface area contributed by atoms with Crippen molar-refractivity contribution in [3.05, 3.63) is 28.4 Å².